The van der Waals surface area contributed by atoms with Crippen molar-refractivity contribution in [1.29, 1.82) is 0 Å². The Morgan fingerprint density at radius 3 is 2.69 bits per heavy atom. The number of rotatable bonds is 3. The summed E-state index contributed by atoms with van der Waals surface area (Å²) in [7, 11) is 2.09. The molecule has 1 saturated carbocycles. The molecular formula is C14H20BrN. The molecule has 3 unspecified atom stereocenters. The maximum atomic E-state index is 3.64. The summed E-state index contributed by atoms with van der Waals surface area (Å²) in [5.74, 6) is 1.62. The van der Waals surface area contributed by atoms with Crippen molar-refractivity contribution in [3.05, 3.63) is 34.3 Å². The van der Waals surface area contributed by atoms with Crippen LogP contribution < -0.4 is 5.32 Å². The molecule has 0 radical (unpaired) electrons. The van der Waals surface area contributed by atoms with Crippen molar-refractivity contribution < 1.29 is 0 Å². The van der Waals surface area contributed by atoms with Crippen molar-refractivity contribution in [2.75, 3.05) is 7.05 Å². The highest BCUT2D eigenvalue weighted by Crippen LogP contribution is 2.35. The molecule has 1 N–H and O–H groups in total. The van der Waals surface area contributed by atoms with Crippen LogP contribution in [0.25, 0.3) is 0 Å². The molecule has 16 heavy (non-hydrogen) atoms. The predicted molar refractivity (Wildman–Crippen MR) is 72.6 cm³/mol. The van der Waals surface area contributed by atoms with E-state index in [-0.39, 0.29) is 0 Å². The van der Waals surface area contributed by atoms with Crippen molar-refractivity contribution in [1.82, 2.24) is 5.32 Å². The minimum absolute atomic E-state index is 0.715. The summed E-state index contributed by atoms with van der Waals surface area (Å²) in [6.45, 7) is 2.38. The van der Waals surface area contributed by atoms with Crippen LogP contribution in [0.2, 0.25) is 0 Å². The summed E-state index contributed by atoms with van der Waals surface area (Å²) in [5.41, 5.74) is 1.45. The molecule has 1 fully saturated rings. The Hall–Kier alpha value is -0.340. The molecule has 0 aliphatic heterocycles. The third kappa shape index (κ3) is 2.49. The second kappa shape index (κ2) is 5.33. The van der Waals surface area contributed by atoms with Gasteiger partial charge in [0.2, 0.25) is 0 Å². The number of halogens is 1. The van der Waals surface area contributed by atoms with Gasteiger partial charge in [0.1, 0.15) is 0 Å². The van der Waals surface area contributed by atoms with E-state index in [1.807, 2.05) is 0 Å². The fourth-order valence-corrected chi connectivity index (χ4v) is 3.34. The summed E-state index contributed by atoms with van der Waals surface area (Å²) < 4.78 is 1.26. The van der Waals surface area contributed by atoms with Crippen LogP contribution in [0.3, 0.4) is 0 Å². The van der Waals surface area contributed by atoms with Gasteiger partial charge in [0.25, 0.3) is 0 Å². The number of nitrogens with one attached hydrogen (secondary N) is 1. The molecule has 2 heteroatoms. The van der Waals surface area contributed by atoms with Crippen LogP contribution in [0.4, 0.5) is 0 Å². The van der Waals surface area contributed by atoms with Crippen LogP contribution in [0.5, 0.6) is 0 Å². The van der Waals surface area contributed by atoms with E-state index in [4.69, 9.17) is 0 Å². The van der Waals surface area contributed by atoms with E-state index < -0.39 is 0 Å². The summed E-state index contributed by atoms with van der Waals surface area (Å²) in [5, 5.41) is 3.43. The number of hydrogen-bond donors (Lipinski definition) is 1. The number of hydrogen-bond acceptors (Lipinski definition) is 1. The van der Waals surface area contributed by atoms with Gasteiger partial charge < -0.3 is 5.32 Å². The second-order valence-electron chi connectivity index (χ2n) is 4.89. The summed E-state index contributed by atoms with van der Waals surface area (Å²) in [4.78, 5) is 0. The van der Waals surface area contributed by atoms with E-state index in [0.29, 0.717) is 6.04 Å². The Balaban J connectivity index is 2.04. The first-order valence-corrected chi connectivity index (χ1v) is 6.92. The van der Waals surface area contributed by atoms with Gasteiger partial charge in [-0.25, -0.2) is 0 Å². The van der Waals surface area contributed by atoms with E-state index in [0.717, 1.165) is 11.8 Å². The lowest BCUT2D eigenvalue weighted by Crippen LogP contribution is -2.29. The molecule has 1 nitrogen and oxygen atoms in total. The molecular weight excluding hydrogens is 262 g/mol. The molecule has 88 valence electrons. The van der Waals surface area contributed by atoms with Gasteiger partial charge in [0.05, 0.1) is 0 Å². The van der Waals surface area contributed by atoms with E-state index in [1.165, 1.54) is 29.3 Å². The summed E-state index contributed by atoms with van der Waals surface area (Å²) in [6.07, 6.45) is 3.89. The van der Waals surface area contributed by atoms with Gasteiger partial charge in [-0.15, -0.1) is 0 Å². The highest BCUT2D eigenvalue weighted by Gasteiger charge is 2.31. The topological polar surface area (TPSA) is 12.0 Å². The highest BCUT2D eigenvalue weighted by atomic mass is 79.9. The third-order valence-corrected chi connectivity index (χ3v) is 4.81. The van der Waals surface area contributed by atoms with E-state index in [1.54, 1.807) is 0 Å². The minimum atomic E-state index is 0.715. The molecule has 0 bridgehead atoms. The van der Waals surface area contributed by atoms with Crippen LogP contribution in [-0.4, -0.2) is 13.1 Å². The van der Waals surface area contributed by atoms with Crippen molar-refractivity contribution in [2.24, 2.45) is 11.8 Å². The Bertz CT molecular complexity index is 350. The Labute approximate surface area is 107 Å². The lowest BCUT2D eigenvalue weighted by molar-refractivity contribution is 0.363. The SMILES string of the molecule is CNC1CCC(Cc2ccccc2Br)C1C. The van der Waals surface area contributed by atoms with Gasteiger partial charge in [-0.2, -0.15) is 0 Å². The molecule has 1 aromatic rings. The van der Waals surface area contributed by atoms with E-state index in [9.17, 15) is 0 Å². The van der Waals surface area contributed by atoms with Crippen LogP contribution in [0.1, 0.15) is 25.3 Å². The van der Waals surface area contributed by atoms with Gasteiger partial charge in [-0.05, 0) is 49.8 Å². The van der Waals surface area contributed by atoms with Gasteiger partial charge >= 0.3 is 0 Å². The monoisotopic (exact) mass is 281 g/mol. The fourth-order valence-electron chi connectivity index (χ4n) is 2.89. The Kier molecular flexibility index (Phi) is 4.04. The molecule has 0 spiro atoms. The molecule has 3 atom stereocenters. The van der Waals surface area contributed by atoms with Crippen LogP contribution in [0.15, 0.2) is 28.7 Å². The smallest absolute Gasteiger partial charge is 0.0207 e. The standard InChI is InChI=1S/C14H20BrN/c1-10-11(7-8-14(10)16-2)9-12-5-3-4-6-13(12)15/h3-6,10-11,14,16H,7-9H2,1-2H3. The molecule has 0 saturated heterocycles. The van der Waals surface area contributed by atoms with Gasteiger partial charge in [-0.1, -0.05) is 41.1 Å². The normalized spacial score (nSPS) is 29.6. The average Bonchev–Trinajstić information content (AvgIpc) is 2.63. The molecule has 0 heterocycles. The Morgan fingerprint density at radius 1 is 1.31 bits per heavy atom. The largest absolute Gasteiger partial charge is 0.317 e. The molecule has 1 aromatic carbocycles. The molecule has 1 aliphatic carbocycles. The molecule has 2 rings (SSSR count). The zero-order chi connectivity index (χ0) is 11.5. The van der Waals surface area contributed by atoms with Gasteiger partial charge in [0.15, 0.2) is 0 Å². The third-order valence-electron chi connectivity index (χ3n) is 4.04. The predicted octanol–water partition coefficient (Wildman–Crippen LogP) is 3.63. The maximum Gasteiger partial charge on any atom is 0.0207 e. The van der Waals surface area contributed by atoms with Crippen molar-refractivity contribution in [3.63, 3.8) is 0 Å². The van der Waals surface area contributed by atoms with E-state index >= 15 is 0 Å². The van der Waals surface area contributed by atoms with E-state index in [2.05, 4.69) is 59.5 Å². The van der Waals surface area contributed by atoms with Crippen molar-refractivity contribution in [2.45, 2.75) is 32.2 Å². The first-order chi connectivity index (χ1) is 7.72. The second-order valence-corrected chi connectivity index (χ2v) is 5.74. The van der Waals surface area contributed by atoms with Crippen LogP contribution in [-0.2, 0) is 6.42 Å². The average molecular weight is 282 g/mol. The summed E-state index contributed by atoms with van der Waals surface area (Å²) in [6, 6.07) is 9.32. The first kappa shape index (κ1) is 12.1. The lowest BCUT2D eigenvalue weighted by Gasteiger charge is -2.20. The fraction of sp³-hybridized carbons (Fsp3) is 0.571. The zero-order valence-corrected chi connectivity index (χ0v) is 11.6. The quantitative estimate of drug-likeness (QED) is 0.892. The maximum absolute atomic E-state index is 3.64. The highest BCUT2D eigenvalue weighted by molar-refractivity contribution is 9.10. The number of benzene rings is 1. The van der Waals surface area contributed by atoms with Crippen molar-refractivity contribution in [3.8, 4) is 0 Å². The van der Waals surface area contributed by atoms with Gasteiger partial charge in [0, 0.05) is 10.5 Å². The van der Waals surface area contributed by atoms with Gasteiger partial charge in [-0.3, -0.25) is 0 Å². The van der Waals surface area contributed by atoms with Crippen LogP contribution >= 0.6 is 15.9 Å². The lowest BCUT2D eigenvalue weighted by atomic mass is 9.89. The minimum Gasteiger partial charge on any atom is -0.317 e. The molecule has 0 aromatic heterocycles. The van der Waals surface area contributed by atoms with Crippen molar-refractivity contribution >= 4 is 15.9 Å². The summed E-state index contributed by atoms with van der Waals surface area (Å²) >= 11 is 3.64. The van der Waals surface area contributed by atoms with Crippen LogP contribution in [0, 0.1) is 11.8 Å². The zero-order valence-electron chi connectivity index (χ0n) is 10.0. The Morgan fingerprint density at radius 2 is 2.06 bits per heavy atom. The first-order valence-electron chi connectivity index (χ1n) is 6.13. The molecule has 1 aliphatic rings. The molecule has 0 amide bonds.